The molecule has 0 aliphatic carbocycles. The van der Waals surface area contributed by atoms with E-state index in [1.165, 1.54) is 0 Å². The molecule has 2 N–H and O–H groups in total. The number of hydrogen-bond acceptors (Lipinski definition) is 3. The topological polar surface area (TPSA) is 53.1 Å². The number of rotatable bonds is 8. The van der Waals surface area contributed by atoms with Gasteiger partial charge in [-0.2, -0.15) is 5.10 Å². The minimum Gasteiger partial charge on any atom is -0.382 e. The Morgan fingerprint density at radius 3 is 2.94 bits per heavy atom. The lowest BCUT2D eigenvalue weighted by Crippen LogP contribution is -2.17. The summed E-state index contributed by atoms with van der Waals surface area (Å²) in [6.07, 6.45) is 4.52. The van der Waals surface area contributed by atoms with Gasteiger partial charge in [0.05, 0.1) is 16.9 Å². The van der Waals surface area contributed by atoms with Crippen molar-refractivity contribution in [2.45, 2.75) is 45.7 Å². The van der Waals surface area contributed by atoms with Gasteiger partial charge >= 0.3 is 0 Å². The largest absolute Gasteiger partial charge is 0.382 e. The zero-order valence-electron chi connectivity index (χ0n) is 10.7. The standard InChI is InChI=1S/C12H22ClN3O/c1-3-7-16-12(10(13)9-15-16)11(14)6-5-8-17-4-2/h9,11H,3-8,14H2,1-2H3. The highest BCUT2D eigenvalue weighted by Gasteiger charge is 2.16. The van der Waals surface area contributed by atoms with Crippen molar-refractivity contribution in [1.29, 1.82) is 0 Å². The molecule has 0 fully saturated rings. The average molecular weight is 260 g/mol. The van der Waals surface area contributed by atoms with Crippen molar-refractivity contribution in [3.8, 4) is 0 Å². The molecule has 17 heavy (non-hydrogen) atoms. The number of aryl methyl sites for hydroxylation is 1. The summed E-state index contributed by atoms with van der Waals surface area (Å²) in [6.45, 7) is 6.47. The molecule has 0 saturated carbocycles. The summed E-state index contributed by atoms with van der Waals surface area (Å²) in [5.74, 6) is 0. The maximum absolute atomic E-state index is 6.15. The van der Waals surface area contributed by atoms with Crippen molar-refractivity contribution in [2.75, 3.05) is 13.2 Å². The first-order chi connectivity index (χ1) is 8.20. The lowest BCUT2D eigenvalue weighted by atomic mass is 10.1. The quantitative estimate of drug-likeness (QED) is 0.731. The van der Waals surface area contributed by atoms with E-state index in [0.29, 0.717) is 5.02 Å². The molecule has 0 radical (unpaired) electrons. The lowest BCUT2D eigenvalue weighted by Gasteiger charge is -2.14. The second-order valence-corrected chi connectivity index (χ2v) is 4.45. The van der Waals surface area contributed by atoms with Crippen molar-refractivity contribution in [3.05, 3.63) is 16.9 Å². The highest BCUT2D eigenvalue weighted by atomic mass is 35.5. The van der Waals surface area contributed by atoms with Gasteiger partial charge in [0.25, 0.3) is 0 Å². The minimum atomic E-state index is -0.0583. The number of nitrogens with zero attached hydrogens (tertiary/aromatic N) is 2. The third-order valence-electron chi connectivity index (χ3n) is 2.63. The number of aromatic nitrogens is 2. The number of ether oxygens (including phenoxy) is 1. The molecular weight excluding hydrogens is 238 g/mol. The first kappa shape index (κ1) is 14.5. The first-order valence-electron chi connectivity index (χ1n) is 6.25. The number of nitrogens with two attached hydrogens (primary N) is 1. The van der Waals surface area contributed by atoms with E-state index in [-0.39, 0.29) is 6.04 Å². The molecule has 0 aliphatic rings. The SMILES string of the molecule is CCCn1ncc(Cl)c1C(N)CCCOCC. The molecule has 0 bridgehead atoms. The van der Waals surface area contributed by atoms with Crippen LogP contribution in [0.1, 0.15) is 44.8 Å². The third kappa shape index (κ3) is 4.30. The van der Waals surface area contributed by atoms with E-state index in [1.807, 2.05) is 11.6 Å². The average Bonchev–Trinajstić information content (AvgIpc) is 2.66. The van der Waals surface area contributed by atoms with Crippen LogP contribution in [0.3, 0.4) is 0 Å². The predicted octanol–water partition coefficient (Wildman–Crippen LogP) is 2.76. The van der Waals surface area contributed by atoms with Crippen molar-refractivity contribution in [1.82, 2.24) is 9.78 Å². The second kappa shape index (κ2) is 7.69. The molecule has 1 heterocycles. The Kier molecular flexibility index (Phi) is 6.55. The summed E-state index contributed by atoms with van der Waals surface area (Å²) in [7, 11) is 0. The Balaban J connectivity index is 2.54. The Morgan fingerprint density at radius 2 is 2.29 bits per heavy atom. The van der Waals surface area contributed by atoms with Gasteiger partial charge in [-0.05, 0) is 26.2 Å². The zero-order chi connectivity index (χ0) is 12.7. The van der Waals surface area contributed by atoms with Crippen LogP contribution >= 0.6 is 11.6 Å². The second-order valence-electron chi connectivity index (χ2n) is 4.05. The van der Waals surface area contributed by atoms with Crippen molar-refractivity contribution in [2.24, 2.45) is 5.73 Å². The summed E-state index contributed by atoms with van der Waals surface area (Å²) in [5.41, 5.74) is 7.10. The smallest absolute Gasteiger partial charge is 0.0834 e. The summed E-state index contributed by atoms with van der Waals surface area (Å²) < 4.78 is 7.21. The molecule has 0 saturated heterocycles. The fraction of sp³-hybridized carbons (Fsp3) is 0.750. The van der Waals surface area contributed by atoms with Gasteiger partial charge in [-0.3, -0.25) is 4.68 Å². The van der Waals surface area contributed by atoms with Crippen molar-refractivity contribution < 1.29 is 4.74 Å². The molecule has 1 rings (SSSR count). The fourth-order valence-electron chi connectivity index (χ4n) is 1.82. The van der Waals surface area contributed by atoms with Gasteiger partial charge in [0.15, 0.2) is 0 Å². The van der Waals surface area contributed by atoms with E-state index in [2.05, 4.69) is 12.0 Å². The van der Waals surface area contributed by atoms with Gasteiger partial charge in [0, 0.05) is 25.8 Å². The molecule has 4 nitrogen and oxygen atoms in total. The zero-order valence-corrected chi connectivity index (χ0v) is 11.4. The van der Waals surface area contributed by atoms with Crippen LogP contribution in [0, 0.1) is 0 Å². The maximum atomic E-state index is 6.15. The predicted molar refractivity (Wildman–Crippen MR) is 70.2 cm³/mol. The van der Waals surface area contributed by atoms with E-state index in [1.54, 1.807) is 6.20 Å². The molecule has 1 aromatic rings. The van der Waals surface area contributed by atoms with Crippen LogP contribution in [-0.2, 0) is 11.3 Å². The van der Waals surface area contributed by atoms with Gasteiger partial charge in [-0.15, -0.1) is 0 Å². The molecule has 0 spiro atoms. The molecule has 0 amide bonds. The van der Waals surface area contributed by atoms with Crippen LogP contribution in [-0.4, -0.2) is 23.0 Å². The molecule has 1 aromatic heterocycles. The van der Waals surface area contributed by atoms with Gasteiger partial charge in [-0.25, -0.2) is 0 Å². The molecule has 0 aromatic carbocycles. The Morgan fingerprint density at radius 1 is 1.53 bits per heavy atom. The summed E-state index contributed by atoms with van der Waals surface area (Å²) in [5, 5.41) is 4.91. The lowest BCUT2D eigenvalue weighted by molar-refractivity contribution is 0.141. The molecule has 1 atom stereocenters. The van der Waals surface area contributed by atoms with E-state index in [9.17, 15) is 0 Å². The van der Waals surface area contributed by atoms with Crippen LogP contribution in [0.5, 0.6) is 0 Å². The first-order valence-corrected chi connectivity index (χ1v) is 6.63. The van der Waals surface area contributed by atoms with E-state index < -0.39 is 0 Å². The summed E-state index contributed by atoms with van der Waals surface area (Å²) >= 11 is 6.12. The molecule has 0 aliphatic heterocycles. The van der Waals surface area contributed by atoms with Gasteiger partial charge in [0.2, 0.25) is 0 Å². The Hall–Kier alpha value is -0.580. The van der Waals surface area contributed by atoms with Crippen molar-refractivity contribution in [3.63, 3.8) is 0 Å². The van der Waals surface area contributed by atoms with E-state index >= 15 is 0 Å². The Labute approximate surface area is 108 Å². The molecule has 98 valence electrons. The fourth-order valence-corrected chi connectivity index (χ4v) is 2.10. The number of halogens is 1. The minimum absolute atomic E-state index is 0.0583. The van der Waals surface area contributed by atoms with Crippen LogP contribution in [0.2, 0.25) is 5.02 Å². The molecular formula is C12H22ClN3O. The van der Waals surface area contributed by atoms with Crippen molar-refractivity contribution >= 4 is 11.6 Å². The van der Waals surface area contributed by atoms with Gasteiger partial charge in [-0.1, -0.05) is 18.5 Å². The highest BCUT2D eigenvalue weighted by molar-refractivity contribution is 6.31. The summed E-state index contributed by atoms with van der Waals surface area (Å²) in [6, 6.07) is -0.0583. The highest BCUT2D eigenvalue weighted by Crippen LogP contribution is 2.24. The molecule has 5 heteroatoms. The monoisotopic (exact) mass is 259 g/mol. The maximum Gasteiger partial charge on any atom is 0.0834 e. The molecule has 1 unspecified atom stereocenters. The third-order valence-corrected chi connectivity index (χ3v) is 2.92. The van der Waals surface area contributed by atoms with Crippen LogP contribution in [0.25, 0.3) is 0 Å². The summed E-state index contributed by atoms with van der Waals surface area (Å²) in [4.78, 5) is 0. The van der Waals surface area contributed by atoms with Crippen LogP contribution in [0.15, 0.2) is 6.20 Å². The Bertz CT molecular complexity index is 328. The van der Waals surface area contributed by atoms with E-state index in [4.69, 9.17) is 22.1 Å². The van der Waals surface area contributed by atoms with E-state index in [0.717, 1.165) is 44.7 Å². The van der Waals surface area contributed by atoms with Crippen LogP contribution in [0.4, 0.5) is 0 Å². The number of hydrogen-bond donors (Lipinski definition) is 1. The van der Waals surface area contributed by atoms with Crippen LogP contribution < -0.4 is 5.73 Å². The van der Waals surface area contributed by atoms with Gasteiger partial charge < -0.3 is 10.5 Å². The van der Waals surface area contributed by atoms with Gasteiger partial charge in [0.1, 0.15) is 0 Å². The normalized spacial score (nSPS) is 12.9.